The van der Waals surface area contributed by atoms with Crippen LogP contribution >= 0.6 is 0 Å². The molecule has 0 aliphatic carbocycles. The van der Waals surface area contributed by atoms with E-state index in [-0.39, 0.29) is 0 Å². The fourth-order valence-corrected chi connectivity index (χ4v) is 2.00. The molecule has 0 amide bonds. The Bertz CT molecular complexity index is 709. The lowest BCUT2D eigenvalue weighted by Crippen LogP contribution is -2.11. The molecule has 0 radical (unpaired) electrons. The monoisotopic (exact) mass is 266 g/mol. The number of pyridine rings is 1. The molecular formula is C15H14N4O. The van der Waals surface area contributed by atoms with Gasteiger partial charge in [-0.05, 0) is 24.1 Å². The molecule has 2 aromatic heterocycles. The molecule has 5 nitrogen and oxygen atoms in total. The Kier molecular flexibility index (Phi) is 3.26. The lowest BCUT2D eigenvalue weighted by Gasteiger charge is -2.05. The van der Waals surface area contributed by atoms with Crippen molar-refractivity contribution in [3.8, 4) is 11.4 Å². The van der Waals surface area contributed by atoms with E-state index in [9.17, 15) is 0 Å². The van der Waals surface area contributed by atoms with E-state index in [1.165, 1.54) is 0 Å². The summed E-state index contributed by atoms with van der Waals surface area (Å²) in [5, 5.41) is 4.00. The van der Waals surface area contributed by atoms with E-state index >= 15 is 0 Å². The quantitative estimate of drug-likeness (QED) is 0.788. The van der Waals surface area contributed by atoms with E-state index in [0.717, 1.165) is 16.7 Å². The molecule has 0 saturated carbocycles. The van der Waals surface area contributed by atoms with Crippen molar-refractivity contribution in [1.29, 1.82) is 0 Å². The van der Waals surface area contributed by atoms with Gasteiger partial charge in [0, 0.05) is 18.0 Å². The van der Waals surface area contributed by atoms with Crippen LogP contribution in [0.4, 0.5) is 0 Å². The molecule has 0 spiro atoms. The fourth-order valence-electron chi connectivity index (χ4n) is 2.00. The van der Waals surface area contributed by atoms with Gasteiger partial charge in [0.1, 0.15) is 6.04 Å². The maximum absolute atomic E-state index is 6.14. The van der Waals surface area contributed by atoms with Crippen LogP contribution in [0.5, 0.6) is 0 Å². The Morgan fingerprint density at radius 3 is 2.70 bits per heavy atom. The van der Waals surface area contributed by atoms with Gasteiger partial charge < -0.3 is 10.3 Å². The van der Waals surface area contributed by atoms with Crippen LogP contribution in [0.15, 0.2) is 53.3 Å². The van der Waals surface area contributed by atoms with Crippen LogP contribution in [-0.2, 0) is 0 Å². The van der Waals surface area contributed by atoms with E-state index in [1.807, 2.05) is 43.3 Å². The Morgan fingerprint density at radius 2 is 1.95 bits per heavy atom. The summed E-state index contributed by atoms with van der Waals surface area (Å²) in [6.45, 7) is 1.95. The van der Waals surface area contributed by atoms with Crippen molar-refractivity contribution in [3.05, 3.63) is 65.8 Å². The predicted octanol–water partition coefficient (Wildman–Crippen LogP) is 2.49. The smallest absolute Gasteiger partial charge is 0.248 e. The molecule has 3 rings (SSSR count). The Hall–Kier alpha value is -2.53. The molecule has 0 saturated heterocycles. The number of hydrogen-bond acceptors (Lipinski definition) is 5. The second-order valence-corrected chi connectivity index (χ2v) is 4.54. The average molecular weight is 266 g/mol. The van der Waals surface area contributed by atoms with Crippen LogP contribution in [0.25, 0.3) is 11.4 Å². The van der Waals surface area contributed by atoms with Crippen molar-refractivity contribution < 1.29 is 4.52 Å². The van der Waals surface area contributed by atoms with E-state index in [2.05, 4.69) is 15.1 Å². The van der Waals surface area contributed by atoms with Gasteiger partial charge >= 0.3 is 0 Å². The minimum atomic E-state index is -0.417. The molecule has 0 bridgehead atoms. The Morgan fingerprint density at radius 1 is 1.15 bits per heavy atom. The third kappa shape index (κ3) is 2.31. The average Bonchev–Trinajstić information content (AvgIpc) is 2.97. The van der Waals surface area contributed by atoms with Gasteiger partial charge in [-0.25, -0.2) is 0 Å². The van der Waals surface area contributed by atoms with Gasteiger partial charge in [-0.2, -0.15) is 4.98 Å². The fraction of sp³-hybridized carbons (Fsp3) is 0.133. The number of nitrogens with two attached hydrogens (primary N) is 1. The van der Waals surface area contributed by atoms with Crippen molar-refractivity contribution >= 4 is 0 Å². The summed E-state index contributed by atoms with van der Waals surface area (Å²) >= 11 is 0. The van der Waals surface area contributed by atoms with Crippen molar-refractivity contribution in [2.24, 2.45) is 5.73 Å². The van der Waals surface area contributed by atoms with E-state index in [4.69, 9.17) is 10.3 Å². The molecule has 1 atom stereocenters. The summed E-state index contributed by atoms with van der Waals surface area (Å²) in [7, 11) is 0. The molecule has 3 aromatic rings. The summed E-state index contributed by atoms with van der Waals surface area (Å²) in [5.74, 6) is 0.939. The number of aryl methyl sites for hydroxylation is 1. The molecule has 0 aliphatic rings. The molecule has 0 fully saturated rings. The molecule has 2 heterocycles. The summed E-state index contributed by atoms with van der Waals surface area (Å²) < 4.78 is 5.28. The van der Waals surface area contributed by atoms with Crippen molar-refractivity contribution in [2.75, 3.05) is 0 Å². The summed E-state index contributed by atoms with van der Waals surface area (Å²) in [6.07, 6.45) is 3.47. The highest BCUT2D eigenvalue weighted by Crippen LogP contribution is 2.23. The van der Waals surface area contributed by atoms with Crippen molar-refractivity contribution in [3.63, 3.8) is 0 Å². The molecule has 0 unspecified atom stereocenters. The molecule has 2 N–H and O–H groups in total. The van der Waals surface area contributed by atoms with Gasteiger partial charge in [-0.15, -0.1) is 0 Å². The van der Waals surface area contributed by atoms with Crippen LogP contribution in [0.3, 0.4) is 0 Å². The highest BCUT2D eigenvalue weighted by molar-refractivity contribution is 5.58. The largest absolute Gasteiger partial charge is 0.337 e. The zero-order chi connectivity index (χ0) is 13.9. The molecule has 1 aromatic carbocycles. The maximum Gasteiger partial charge on any atom is 0.248 e. The summed E-state index contributed by atoms with van der Waals surface area (Å²) in [6, 6.07) is 11.1. The molecule has 20 heavy (non-hydrogen) atoms. The molecular weight excluding hydrogens is 252 g/mol. The van der Waals surface area contributed by atoms with E-state index in [0.29, 0.717) is 11.7 Å². The van der Waals surface area contributed by atoms with Crippen molar-refractivity contribution in [2.45, 2.75) is 13.0 Å². The number of nitrogens with zero attached hydrogens (tertiary/aromatic N) is 3. The topological polar surface area (TPSA) is 77.8 Å². The van der Waals surface area contributed by atoms with Crippen molar-refractivity contribution in [1.82, 2.24) is 15.1 Å². The molecule has 5 heteroatoms. The first-order chi connectivity index (χ1) is 9.75. The number of benzene rings is 1. The third-order valence-electron chi connectivity index (χ3n) is 3.13. The minimum absolute atomic E-state index is 0.405. The standard InChI is InChI=1S/C15H14N4O/c1-10-9-17-8-7-12(10)14-18-15(20-19-14)13(16)11-5-3-2-4-6-11/h2-9,13H,16H2,1H3/t13-/m0/s1. The third-order valence-corrected chi connectivity index (χ3v) is 3.13. The normalized spacial score (nSPS) is 12.3. The Labute approximate surface area is 116 Å². The highest BCUT2D eigenvalue weighted by Gasteiger charge is 2.17. The predicted molar refractivity (Wildman–Crippen MR) is 74.7 cm³/mol. The van der Waals surface area contributed by atoms with Gasteiger partial charge in [0.05, 0.1) is 0 Å². The maximum atomic E-state index is 6.14. The number of rotatable bonds is 3. The van der Waals surface area contributed by atoms with E-state index in [1.54, 1.807) is 12.4 Å². The van der Waals surface area contributed by atoms with Crippen LogP contribution < -0.4 is 5.73 Å². The number of aromatic nitrogens is 3. The first-order valence-electron chi connectivity index (χ1n) is 6.31. The van der Waals surface area contributed by atoms with Gasteiger partial charge in [0.15, 0.2) is 0 Å². The lowest BCUT2D eigenvalue weighted by atomic mass is 10.1. The first kappa shape index (κ1) is 12.5. The SMILES string of the molecule is Cc1cnccc1-c1noc([C@@H](N)c2ccccc2)n1. The first-order valence-corrected chi connectivity index (χ1v) is 6.31. The summed E-state index contributed by atoms with van der Waals surface area (Å²) in [5.41, 5.74) is 8.97. The lowest BCUT2D eigenvalue weighted by molar-refractivity contribution is 0.367. The molecule has 100 valence electrons. The van der Waals surface area contributed by atoms with Gasteiger partial charge in [0.2, 0.25) is 11.7 Å². The van der Waals surface area contributed by atoms with Crippen LogP contribution in [-0.4, -0.2) is 15.1 Å². The Balaban J connectivity index is 1.93. The zero-order valence-corrected chi connectivity index (χ0v) is 11.0. The van der Waals surface area contributed by atoms with Gasteiger partial charge in [-0.3, -0.25) is 4.98 Å². The molecule has 0 aliphatic heterocycles. The van der Waals surface area contributed by atoms with Crippen LogP contribution in [0.1, 0.15) is 23.1 Å². The van der Waals surface area contributed by atoms with Crippen LogP contribution in [0, 0.1) is 6.92 Å². The van der Waals surface area contributed by atoms with Crippen LogP contribution in [0.2, 0.25) is 0 Å². The van der Waals surface area contributed by atoms with E-state index < -0.39 is 6.04 Å². The number of hydrogen-bond donors (Lipinski definition) is 1. The highest BCUT2D eigenvalue weighted by atomic mass is 16.5. The summed E-state index contributed by atoms with van der Waals surface area (Å²) in [4.78, 5) is 8.44. The zero-order valence-electron chi connectivity index (χ0n) is 11.0. The van der Waals surface area contributed by atoms with Gasteiger partial charge in [-0.1, -0.05) is 35.5 Å². The second-order valence-electron chi connectivity index (χ2n) is 4.54. The van der Waals surface area contributed by atoms with Gasteiger partial charge in [0.25, 0.3) is 0 Å². The minimum Gasteiger partial charge on any atom is -0.337 e. The second kappa shape index (κ2) is 5.22.